The quantitative estimate of drug-likeness (QED) is 0.806. The fourth-order valence-corrected chi connectivity index (χ4v) is 2.71. The fourth-order valence-electron chi connectivity index (χ4n) is 2.54. The Bertz CT molecular complexity index is 895. The van der Waals surface area contributed by atoms with E-state index in [0.717, 1.165) is 5.52 Å². The van der Waals surface area contributed by atoms with Gasteiger partial charge in [0.1, 0.15) is 5.52 Å². The first-order valence-corrected chi connectivity index (χ1v) is 6.96. The lowest BCUT2D eigenvalue weighted by atomic mass is 10.2. The van der Waals surface area contributed by atoms with Gasteiger partial charge in [0.25, 0.3) is 5.56 Å². The molecule has 0 saturated heterocycles. The van der Waals surface area contributed by atoms with Crippen LogP contribution in [-0.2, 0) is 11.3 Å². The second-order valence-corrected chi connectivity index (χ2v) is 5.29. The Balaban J connectivity index is 2.23. The van der Waals surface area contributed by atoms with Crippen molar-refractivity contribution < 1.29 is 9.90 Å². The van der Waals surface area contributed by atoms with Crippen molar-refractivity contribution in [2.75, 3.05) is 0 Å². The van der Waals surface area contributed by atoms with Crippen molar-refractivity contribution in [2.24, 2.45) is 0 Å². The normalized spacial score (nSPS) is 11.3. The van der Waals surface area contributed by atoms with Crippen LogP contribution in [0.3, 0.4) is 0 Å². The molecule has 3 aromatic rings. The summed E-state index contributed by atoms with van der Waals surface area (Å²) < 4.78 is 3.42. The summed E-state index contributed by atoms with van der Waals surface area (Å²) in [5.74, 6) is -0.867. The summed E-state index contributed by atoms with van der Waals surface area (Å²) >= 11 is 6.03. The van der Waals surface area contributed by atoms with E-state index in [4.69, 9.17) is 16.7 Å². The maximum Gasteiger partial charge on any atom is 0.303 e. The van der Waals surface area contributed by atoms with Crippen LogP contribution in [0.25, 0.3) is 16.6 Å². The average molecular weight is 305 g/mol. The highest BCUT2D eigenvalue weighted by Gasteiger charge is 2.11. The summed E-state index contributed by atoms with van der Waals surface area (Å²) in [6.07, 6.45) is 2.25. The van der Waals surface area contributed by atoms with Gasteiger partial charge in [0, 0.05) is 24.2 Å². The standard InChI is InChI=1S/C15H13ClN2O3/c16-10-5-6-11-13(9-10)18(8-2-4-14(19)20)15(21)12-3-1-7-17(11)12/h1,3,5-7,9H,2,4,8H2,(H,19,20). The average Bonchev–Trinajstić information content (AvgIpc) is 2.91. The summed E-state index contributed by atoms with van der Waals surface area (Å²) in [4.78, 5) is 23.2. The molecule has 0 unspecified atom stereocenters. The zero-order valence-electron chi connectivity index (χ0n) is 11.1. The van der Waals surface area contributed by atoms with E-state index in [2.05, 4.69) is 0 Å². The molecule has 0 amide bonds. The van der Waals surface area contributed by atoms with Gasteiger partial charge >= 0.3 is 5.97 Å². The Hall–Kier alpha value is -2.27. The van der Waals surface area contributed by atoms with E-state index in [9.17, 15) is 9.59 Å². The van der Waals surface area contributed by atoms with Crippen LogP contribution in [0.2, 0.25) is 5.02 Å². The lowest BCUT2D eigenvalue weighted by molar-refractivity contribution is -0.137. The molecule has 0 aliphatic carbocycles. The molecule has 2 heterocycles. The van der Waals surface area contributed by atoms with Crippen molar-refractivity contribution in [3.8, 4) is 0 Å². The lowest BCUT2D eigenvalue weighted by Crippen LogP contribution is -2.23. The summed E-state index contributed by atoms with van der Waals surface area (Å²) in [5, 5.41) is 9.29. The van der Waals surface area contributed by atoms with E-state index >= 15 is 0 Å². The summed E-state index contributed by atoms with van der Waals surface area (Å²) in [6.45, 7) is 0.351. The number of carboxylic acids is 1. The van der Waals surface area contributed by atoms with Crippen LogP contribution in [0.1, 0.15) is 12.8 Å². The number of aromatic nitrogens is 2. The number of carboxylic acid groups (broad SMARTS) is 1. The summed E-state index contributed by atoms with van der Waals surface area (Å²) in [6, 6.07) is 8.93. The van der Waals surface area contributed by atoms with Gasteiger partial charge in [-0.3, -0.25) is 9.59 Å². The Kier molecular flexibility index (Phi) is 3.43. The first kappa shape index (κ1) is 13.7. The number of halogens is 1. The van der Waals surface area contributed by atoms with E-state index in [0.29, 0.717) is 29.0 Å². The van der Waals surface area contributed by atoms with Gasteiger partial charge in [-0.1, -0.05) is 11.6 Å². The van der Waals surface area contributed by atoms with Crippen molar-refractivity contribution in [1.82, 2.24) is 8.97 Å². The molecule has 1 aromatic carbocycles. The first-order valence-electron chi connectivity index (χ1n) is 6.59. The van der Waals surface area contributed by atoms with Crippen LogP contribution < -0.4 is 5.56 Å². The Morgan fingerprint density at radius 2 is 2.00 bits per heavy atom. The number of rotatable bonds is 4. The molecule has 0 atom stereocenters. The van der Waals surface area contributed by atoms with Crippen LogP contribution in [0.4, 0.5) is 0 Å². The monoisotopic (exact) mass is 304 g/mol. The van der Waals surface area contributed by atoms with Crippen LogP contribution >= 0.6 is 11.6 Å². The molecule has 0 aliphatic heterocycles. The minimum atomic E-state index is -0.867. The summed E-state index contributed by atoms with van der Waals surface area (Å²) in [7, 11) is 0. The molecule has 0 radical (unpaired) electrons. The smallest absolute Gasteiger partial charge is 0.303 e. The number of hydrogen-bond acceptors (Lipinski definition) is 2. The van der Waals surface area contributed by atoms with E-state index in [1.54, 1.807) is 22.8 Å². The predicted molar refractivity (Wildman–Crippen MR) is 81.0 cm³/mol. The number of aryl methyl sites for hydroxylation is 1. The number of benzene rings is 1. The fraction of sp³-hybridized carbons (Fsp3) is 0.200. The van der Waals surface area contributed by atoms with Gasteiger partial charge < -0.3 is 14.1 Å². The molecule has 108 valence electrons. The SMILES string of the molecule is O=C(O)CCCn1c(=O)c2cccn2c2ccc(Cl)cc21. The molecule has 0 saturated carbocycles. The van der Waals surface area contributed by atoms with E-state index < -0.39 is 5.97 Å². The van der Waals surface area contributed by atoms with Gasteiger partial charge in [0.05, 0.1) is 11.0 Å². The highest BCUT2D eigenvalue weighted by Crippen LogP contribution is 2.20. The molecule has 5 nitrogen and oxygen atoms in total. The maximum absolute atomic E-state index is 12.5. The van der Waals surface area contributed by atoms with Gasteiger partial charge in [-0.05, 0) is 36.8 Å². The summed E-state index contributed by atoms with van der Waals surface area (Å²) in [5.41, 5.74) is 2.01. The van der Waals surface area contributed by atoms with Crippen LogP contribution in [0.15, 0.2) is 41.3 Å². The van der Waals surface area contributed by atoms with Crippen LogP contribution in [0.5, 0.6) is 0 Å². The van der Waals surface area contributed by atoms with Gasteiger partial charge in [0.2, 0.25) is 0 Å². The molecule has 6 heteroatoms. The predicted octanol–water partition coefficient (Wildman–Crippen LogP) is 2.77. The second-order valence-electron chi connectivity index (χ2n) is 4.85. The zero-order valence-corrected chi connectivity index (χ0v) is 11.9. The lowest BCUT2D eigenvalue weighted by Gasteiger charge is -2.12. The number of carbonyl (C=O) groups is 1. The molecule has 0 fully saturated rings. The molecule has 0 bridgehead atoms. The Morgan fingerprint density at radius 3 is 2.76 bits per heavy atom. The first-order chi connectivity index (χ1) is 10.1. The van der Waals surface area contributed by atoms with Gasteiger partial charge in [-0.25, -0.2) is 0 Å². The third kappa shape index (κ3) is 2.40. The Labute approximate surface area is 125 Å². The van der Waals surface area contributed by atoms with Crippen molar-refractivity contribution in [2.45, 2.75) is 19.4 Å². The van der Waals surface area contributed by atoms with Crippen molar-refractivity contribution in [3.63, 3.8) is 0 Å². The molecule has 1 N–H and O–H groups in total. The van der Waals surface area contributed by atoms with Crippen molar-refractivity contribution in [3.05, 3.63) is 51.9 Å². The second kappa shape index (κ2) is 5.26. The number of fused-ring (bicyclic) bond motifs is 3. The van der Waals surface area contributed by atoms with Gasteiger partial charge in [-0.15, -0.1) is 0 Å². The molecule has 0 aliphatic rings. The third-order valence-corrected chi connectivity index (χ3v) is 3.71. The molecule has 0 spiro atoms. The van der Waals surface area contributed by atoms with Crippen molar-refractivity contribution in [1.29, 1.82) is 0 Å². The molecule has 2 aromatic heterocycles. The topological polar surface area (TPSA) is 63.7 Å². The van der Waals surface area contributed by atoms with Gasteiger partial charge in [-0.2, -0.15) is 0 Å². The largest absolute Gasteiger partial charge is 0.481 e. The minimum Gasteiger partial charge on any atom is -0.481 e. The number of nitrogens with zero attached hydrogens (tertiary/aromatic N) is 2. The Morgan fingerprint density at radius 1 is 1.19 bits per heavy atom. The number of hydrogen-bond donors (Lipinski definition) is 1. The molecular weight excluding hydrogens is 292 g/mol. The highest BCUT2D eigenvalue weighted by molar-refractivity contribution is 6.31. The molecule has 21 heavy (non-hydrogen) atoms. The number of aliphatic carboxylic acids is 1. The maximum atomic E-state index is 12.5. The zero-order chi connectivity index (χ0) is 15.0. The van der Waals surface area contributed by atoms with E-state index in [1.807, 2.05) is 22.7 Å². The van der Waals surface area contributed by atoms with Crippen LogP contribution in [0, 0.1) is 0 Å². The molecule has 3 rings (SSSR count). The minimum absolute atomic E-state index is 0.0285. The van der Waals surface area contributed by atoms with Gasteiger partial charge in [0.15, 0.2) is 0 Å². The van der Waals surface area contributed by atoms with Crippen LogP contribution in [-0.4, -0.2) is 20.0 Å². The van der Waals surface area contributed by atoms with E-state index in [1.165, 1.54) is 0 Å². The molecular formula is C15H13ClN2O3. The van der Waals surface area contributed by atoms with Crippen molar-refractivity contribution >= 4 is 34.1 Å². The highest BCUT2D eigenvalue weighted by atomic mass is 35.5. The van der Waals surface area contributed by atoms with E-state index in [-0.39, 0.29) is 12.0 Å². The third-order valence-electron chi connectivity index (χ3n) is 3.47.